The molecule has 12 nitrogen and oxygen atoms in total. The van der Waals surface area contributed by atoms with Gasteiger partial charge in [0.25, 0.3) is 0 Å². The summed E-state index contributed by atoms with van der Waals surface area (Å²) in [5, 5.41) is 3.35. The second kappa shape index (κ2) is 23.9. The molecule has 2 aliphatic rings. The van der Waals surface area contributed by atoms with Crippen LogP contribution in [0.25, 0.3) is 54.9 Å². The maximum Gasteiger partial charge on any atom is 0.343 e. The summed E-state index contributed by atoms with van der Waals surface area (Å²) in [5.74, 6) is 0.548. The summed E-state index contributed by atoms with van der Waals surface area (Å²) in [4.78, 5) is 54.5. The van der Waals surface area contributed by atoms with Crippen LogP contribution in [-0.4, -0.2) is 63.5 Å². The molecule has 0 atom stereocenters. The summed E-state index contributed by atoms with van der Waals surface area (Å²) in [6.45, 7) is 8.14. The Hall–Kier alpha value is -9.88. The molecule has 0 aliphatic carbocycles. The molecule has 0 N–H and O–H groups in total. The standard InChI is InChI=1S/C72H58O12/c1-3-71(41-77-42-71)45-79-57-31-25-55(26-32-57)67(73)81-59-35-21-49(22-36-59)47-13-17-53(18-14-47)69(75)83-63-39-29-51-9-5-7-11-61(51)65(63)66-62-12-8-6-10-52(62)30-40-64(66)84-70(76)54-19-15-48(16-20-54)50-23-37-60(38-24-50)82-68(74)56-27-33-58(34-28-56)80-46-72(4-2)43-78-44-72/h5-40H,3-4,41-46H2,1-2H3. The highest BCUT2D eigenvalue weighted by Gasteiger charge is 2.38. The fourth-order valence-electron chi connectivity index (χ4n) is 10.3. The van der Waals surface area contributed by atoms with Crippen molar-refractivity contribution in [1.29, 1.82) is 0 Å². The van der Waals surface area contributed by atoms with Gasteiger partial charge in [0.1, 0.15) is 34.5 Å². The van der Waals surface area contributed by atoms with E-state index in [9.17, 15) is 19.2 Å². The van der Waals surface area contributed by atoms with Gasteiger partial charge in [0.05, 0.1) is 72.7 Å². The Kier molecular flexibility index (Phi) is 15.6. The van der Waals surface area contributed by atoms with E-state index >= 15 is 0 Å². The third kappa shape index (κ3) is 11.8. The molecule has 418 valence electrons. The third-order valence-electron chi connectivity index (χ3n) is 15.9. The topological polar surface area (TPSA) is 142 Å². The molecule has 0 aromatic heterocycles. The molecule has 0 amide bonds. The van der Waals surface area contributed by atoms with Gasteiger partial charge in [-0.3, -0.25) is 0 Å². The van der Waals surface area contributed by atoms with E-state index < -0.39 is 23.9 Å². The number of carbonyl (C=O) groups excluding carboxylic acids is 4. The zero-order chi connectivity index (χ0) is 57.6. The number of rotatable bonds is 19. The lowest BCUT2D eigenvalue weighted by Gasteiger charge is -2.40. The van der Waals surface area contributed by atoms with E-state index in [-0.39, 0.29) is 22.3 Å². The highest BCUT2D eigenvalue weighted by Crippen LogP contribution is 2.46. The van der Waals surface area contributed by atoms with Crippen molar-refractivity contribution in [3.8, 4) is 67.9 Å². The molecule has 84 heavy (non-hydrogen) atoms. The average Bonchev–Trinajstić information content (AvgIpc) is 3.53. The zero-order valence-corrected chi connectivity index (χ0v) is 46.3. The first-order valence-electron chi connectivity index (χ1n) is 28.0. The fourth-order valence-corrected chi connectivity index (χ4v) is 10.3. The molecular weight excluding hydrogens is 1060 g/mol. The minimum atomic E-state index is -0.583. The van der Waals surface area contributed by atoms with Crippen LogP contribution >= 0.6 is 0 Å². The Balaban J connectivity index is 0.715. The Bertz CT molecular complexity index is 3760. The summed E-state index contributed by atoms with van der Waals surface area (Å²) in [7, 11) is 0. The second-order valence-electron chi connectivity index (χ2n) is 21.4. The van der Waals surface area contributed by atoms with Gasteiger partial charge in [-0.05, 0) is 166 Å². The lowest BCUT2D eigenvalue weighted by Crippen LogP contribution is -2.46. The van der Waals surface area contributed by atoms with E-state index in [0.29, 0.717) is 96.0 Å². The number of fused-ring (bicyclic) bond motifs is 2. The van der Waals surface area contributed by atoms with Crippen molar-refractivity contribution < 1.29 is 57.1 Å². The van der Waals surface area contributed by atoms with Crippen molar-refractivity contribution in [3.05, 3.63) is 241 Å². The first-order chi connectivity index (χ1) is 41.0. The number of benzene rings is 10. The summed E-state index contributed by atoms with van der Waals surface area (Å²) in [6.07, 6.45) is 1.94. The Morgan fingerprint density at radius 2 is 0.643 bits per heavy atom. The van der Waals surface area contributed by atoms with Crippen LogP contribution in [0.3, 0.4) is 0 Å². The second-order valence-corrected chi connectivity index (χ2v) is 21.4. The van der Waals surface area contributed by atoms with Crippen LogP contribution in [0.2, 0.25) is 0 Å². The normalized spacial score (nSPS) is 13.9. The maximum absolute atomic E-state index is 14.2. The van der Waals surface area contributed by atoms with Crippen molar-refractivity contribution in [2.75, 3.05) is 39.6 Å². The molecule has 2 heterocycles. The fraction of sp³-hybridized carbons (Fsp3) is 0.167. The molecule has 0 unspecified atom stereocenters. The molecule has 0 bridgehead atoms. The molecule has 0 saturated carbocycles. The third-order valence-corrected chi connectivity index (χ3v) is 15.9. The summed E-state index contributed by atoms with van der Waals surface area (Å²) < 4.78 is 46.8. The molecule has 0 spiro atoms. The molecule has 10 aromatic rings. The predicted octanol–water partition coefficient (Wildman–Crippen LogP) is 15.5. The van der Waals surface area contributed by atoms with Crippen LogP contribution in [0.15, 0.2) is 218 Å². The molecular formula is C72H58O12. The number of esters is 4. The van der Waals surface area contributed by atoms with Crippen LogP contribution in [0.4, 0.5) is 0 Å². The van der Waals surface area contributed by atoms with E-state index in [1.807, 2.05) is 109 Å². The van der Waals surface area contributed by atoms with Crippen LogP contribution in [0.5, 0.6) is 34.5 Å². The van der Waals surface area contributed by atoms with Gasteiger partial charge >= 0.3 is 23.9 Å². The summed E-state index contributed by atoms with van der Waals surface area (Å²) in [5.41, 5.74) is 6.06. The van der Waals surface area contributed by atoms with Crippen molar-refractivity contribution in [2.45, 2.75) is 26.7 Å². The van der Waals surface area contributed by atoms with E-state index in [4.69, 9.17) is 37.9 Å². The Morgan fingerprint density at radius 3 is 0.964 bits per heavy atom. The van der Waals surface area contributed by atoms with E-state index in [1.54, 1.807) is 109 Å². The summed E-state index contributed by atoms with van der Waals surface area (Å²) in [6, 6.07) is 65.2. The van der Waals surface area contributed by atoms with Gasteiger partial charge in [-0.15, -0.1) is 0 Å². The molecule has 12 rings (SSSR count). The van der Waals surface area contributed by atoms with Gasteiger partial charge in [-0.1, -0.05) is 123 Å². The van der Waals surface area contributed by atoms with Crippen LogP contribution < -0.4 is 28.4 Å². The summed E-state index contributed by atoms with van der Waals surface area (Å²) >= 11 is 0. The van der Waals surface area contributed by atoms with E-state index in [2.05, 4.69) is 13.8 Å². The van der Waals surface area contributed by atoms with Gasteiger partial charge < -0.3 is 37.9 Å². The number of hydrogen-bond donors (Lipinski definition) is 0. The van der Waals surface area contributed by atoms with Crippen molar-refractivity contribution >= 4 is 45.4 Å². The van der Waals surface area contributed by atoms with Gasteiger partial charge in [-0.2, -0.15) is 0 Å². The van der Waals surface area contributed by atoms with Gasteiger partial charge in [0.15, 0.2) is 0 Å². The van der Waals surface area contributed by atoms with Crippen molar-refractivity contribution in [3.63, 3.8) is 0 Å². The highest BCUT2D eigenvalue weighted by atomic mass is 16.6. The largest absolute Gasteiger partial charge is 0.493 e. The lowest BCUT2D eigenvalue weighted by atomic mass is 9.84. The van der Waals surface area contributed by atoms with Crippen molar-refractivity contribution in [1.82, 2.24) is 0 Å². The molecule has 0 radical (unpaired) electrons. The van der Waals surface area contributed by atoms with Gasteiger partial charge in [0.2, 0.25) is 0 Å². The molecule has 2 fully saturated rings. The smallest absolute Gasteiger partial charge is 0.343 e. The minimum Gasteiger partial charge on any atom is -0.493 e. The first kappa shape index (κ1) is 54.7. The monoisotopic (exact) mass is 1110 g/mol. The van der Waals surface area contributed by atoms with Crippen LogP contribution in [0.1, 0.15) is 68.1 Å². The van der Waals surface area contributed by atoms with Crippen molar-refractivity contribution in [2.24, 2.45) is 10.8 Å². The Morgan fingerprint density at radius 1 is 0.345 bits per heavy atom. The maximum atomic E-state index is 14.2. The number of carbonyl (C=O) groups is 4. The number of hydrogen-bond acceptors (Lipinski definition) is 12. The first-order valence-corrected chi connectivity index (χ1v) is 28.0. The van der Waals surface area contributed by atoms with E-state index in [0.717, 1.165) is 56.6 Å². The molecule has 2 saturated heterocycles. The highest BCUT2D eigenvalue weighted by molar-refractivity contribution is 6.11. The quantitative estimate of drug-likeness (QED) is 0.0562. The number of ether oxygens (including phenoxy) is 8. The lowest BCUT2D eigenvalue weighted by molar-refractivity contribution is -0.133. The predicted molar refractivity (Wildman–Crippen MR) is 321 cm³/mol. The SMILES string of the molecule is CCC1(COc2ccc(C(=O)Oc3ccc(-c4ccc(C(=O)Oc5ccc6ccccc6c5-c5c(OC(=O)c6ccc(-c7ccc(OC(=O)c8ccc(OCC9(CC)COC9)cc8)cc7)cc6)ccc6ccccc56)cc4)cc3)cc2)COC1. The molecule has 2 aliphatic heterocycles. The average molecular weight is 1120 g/mol. The van der Waals surface area contributed by atoms with E-state index in [1.165, 1.54) is 0 Å². The van der Waals surface area contributed by atoms with Gasteiger partial charge in [-0.25, -0.2) is 19.2 Å². The Labute approximate surface area is 486 Å². The minimum absolute atomic E-state index is 0.0486. The van der Waals surface area contributed by atoms with Crippen LogP contribution in [0, 0.1) is 10.8 Å². The molecule has 10 aromatic carbocycles. The van der Waals surface area contributed by atoms with Gasteiger partial charge in [0, 0.05) is 11.1 Å². The van der Waals surface area contributed by atoms with Crippen LogP contribution in [-0.2, 0) is 9.47 Å². The zero-order valence-electron chi connectivity index (χ0n) is 46.3. The molecule has 12 heteroatoms.